The number of piperidine rings is 1. The molecule has 3 aliphatic rings. The van der Waals surface area contributed by atoms with E-state index in [-0.39, 0.29) is 37.1 Å². The number of nitrogens with two attached hydrogens (primary N) is 1. The zero-order valence-corrected chi connectivity index (χ0v) is 20.6. The molecule has 192 valence electrons. The van der Waals surface area contributed by atoms with Crippen molar-refractivity contribution in [3.05, 3.63) is 41.0 Å². The maximum Gasteiger partial charge on any atom is 0.243 e. The lowest BCUT2D eigenvalue weighted by atomic mass is 9.81. The van der Waals surface area contributed by atoms with Crippen LogP contribution in [0.3, 0.4) is 0 Å². The van der Waals surface area contributed by atoms with E-state index in [1.54, 1.807) is 15.9 Å². The van der Waals surface area contributed by atoms with Gasteiger partial charge in [0.1, 0.15) is 6.04 Å². The van der Waals surface area contributed by atoms with Crippen LogP contribution in [0.5, 0.6) is 0 Å². The minimum atomic E-state index is -1.07. The number of nitrogens with zero attached hydrogens (tertiary/aromatic N) is 4. The zero-order chi connectivity index (χ0) is 25.8. The molecule has 1 aromatic carbocycles. The number of primary amides is 1. The van der Waals surface area contributed by atoms with Gasteiger partial charge in [-0.25, -0.2) is 0 Å². The number of aryl methyl sites for hydroxylation is 1. The first kappa shape index (κ1) is 25.8. The van der Waals surface area contributed by atoms with Crippen molar-refractivity contribution in [1.82, 2.24) is 14.9 Å². The summed E-state index contributed by atoms with van der Waals surface area (Å²) in [4.78, 5) is 41.8. The molecule has 3 amide bonds. The van der Waals surface area contributed by atoms with Crippen LogP contribution in [0.25, 0.3) is 5.57 Å². The number of nitriles is 1. The number of morpholine rings is 1. The molecule has 2 saturated heterocycles. The van der Waals surface area contributed by atoms with E-state index >= 15 is 0 Å². The molecule has 0 spiro atoms. The fourth-order valence-electron chi connectivity index (χ4n) is 5.45. The van der Waals surface area contributed by atoms with E-state index in [0.29, 0.717) is 51.4 Å². The number of benzene rings is 1. The number of hydroxylamine groups is 2. The van der Waals surface area contributed by atoms with E-state index in [4.69, 9.17) is 15.7 Å². The van der Waals surface area contributed by atoms with Gasteiger partial charge in [0.15, 0.2) is 0 Å². The third kappa shape index (κ3) is 5.59. The molecule has 0 radical (unpaired) electrons. The molecule has 3 heterocycles. The summed E-state index contributed by atoms with van der Waals surface area (Å²) in [5, 5.41) is 20.8. The predicted molar refractivity (Wildman–Crippen MR) is 130 cm³/mol. The summed E-state index contributed by atoms with van der Waals surface area (Å²) in [5.74, 6) is -2.20. The highest BCUT2D eigenvalue weighted by atomic mass is 16.5. The van der Waals surface area contributed by atoms with Gasteiger partial charge in [0.2, 0.25) is 17.7 Å². The first-order valence-corrected chi connectivity index (χ1v) is 12.4. The molecule has 3 atom stereocenters. The van der Waals surface area contributed by atoms with Gasteiger partial charge >= 0.3 is 0 Å². The van der Waals surface area contributed by atoms with Gasteiger partial charge in [-0.1, -0.05) is 12.1 Å². The fourth-order valence-corrected chi connectivity index (χ4v) is 5.45. The van der Waals surface area contributed by atoms with Crippen LogP contribution in [-0.4, -0.2) is 89.8 Å². The van der Waals surface area contributed by atoms with Crippen molar-refractivity contribution in [2.24, 2.45) is 17.6 Å². The van der Waals surface area contributed by atoms with Crippen LogP contribution in [-0.2, 0) is 19.1 Å². The molecule has 1 unspecified atom stereocenters. The zero-order valence-electron chi connectivity index (χ0n) is 20.6. The summed E-state index contributed by atoms with van der Waals surface area (Å²) in [6.45, 7) is 4.93. The fraction of sp³-hybridized carbons (Fsp3) is 0.538. The van der Waals surface area contributed by atoms with Gasteiger partial charge in [0, 0.05) is 39.1 Å². The molecule has 4 rings (SSSR count). The van der Waals surface area contributed by atoms with Crippen LogP contribution in [0.2, 0.25) is 0 Å². The van der Waals surface area contributed by atoms with Gasteiger partial charge in [-0.05, 0) is 54.5 Å². The Morgan fingerprint density at radius 2 is 1.94 bits per heavy atom. The summed E-state index contributed by atoms with van der Waals surface area (Å²) in [5.41, 5.74) is 9.41. The van der Waals surface area contributed by atoms with Crippen LogP contribution in [0.1, 0.15) is 36.0 Å². The van der Waals surface area contributed by atoms with Crippen LogP contribution in [0.4, 0.5) is 0 Å². The van der Waals surface area contributed by atoms with Crippen LogP contribution in [0.15, 0.2) is 24.3 Å². The summed E-state index contributed by atoms with van der Waals surface area (Å²) < 4.78 is 5.29. The number of hydrogen-bond donors (Lipinski definition) is 2. The molecule has 10 heteroatoms. The predicted octanol–water partition coefficient (Wildman–Crippen LogP) is 0.913. The van der Waals surface area contributed by atoms with Gasteiger partial charge < -0.3 is 25.5 Å². The topological polar surface area (TPSA) is 140 Å². The number of carbonyl (C=O) groups is 3. The molecule has 10 nitrogen and oxygen atoms in total. The number of amides is 3. The number of hydrogen-bond acceptors (Lipinski definition) is 7. The summed E-state index contributed by atoms with van der Waals surface area (Å²) in [6, 6.07) is 6.63. The van der Waals surface area contributed by atoms with Crippen molar-refractivity contribution < 1.29 is 24.3 Å². The number of carbonyl (C=O) groups excluding carboxylic acids is 3. The van der Waals surface area contributed by atoms with Gasteiger partial charge in [-0.2, -0.15) is 10.3 Å². The van der Waals surface area contributed by atoms with Crippen molar-refractivity contribution in [1.29, 1.82) is 5.26 Å². The van der Waals surface area contributed by atoms with Gasteiger partial charge in [0.25, 0.3) is 0 Å². The van der Waals surface area contributed by atoms with Crippen molar-refractivity contribution in [2.75, 3.05) is 45.9 Å². The molecule has 3 aliphatic heterocycles. The van der Waals surface area contributed by atoms with Crippen molar-refractivity contribution in [3.63, 3.8) is 0 Å². The van der Waals surface area contributed by atoms with E-state index < -0.39 is 17.9 Å². The van der Waals surface area contributed by atoms with Crippen LogP contribution < -0.4 is 5.73 Å². The molecule has 0 saturated carbocycles. The molecule has 0 aliphatic carbocycles. The lowest BCUT2D eigenvalue weighted by Gasteiger charge is -2.42. The Kier molecular flexibility index (Phi) is 8.04. The normalized spacial score (nSPS) is 25.1. The third-order valence-electron chi connectivity index (χ3n) is 7.40. The standard InChI is InChI=1S/C26H33N5O5/c1-17-12-18(15-27)2-3-21(17)20-4-6-30(7-5-20)26(34)24-22(25(28)33)13-19(16-31(24)35)14-23(32)29-8-10-36-11-9-29/h2-4,12,19,22,24,35H,5-11,13-14,16H2,1H3,(H2,28,33)/t19-,22?,24-/m0/s1. The molecular weight excluding hydrogens is 462 g/mol. The highest BCUT2D eigenvalue weighted by Gasteiger charge is 2.45. The summed E-state index contributed by atoms with van der Waals surface area (Å²) in [7, 11) is 0. The van der Waals surface area contributed by atoms with Gasteiger partial charge in [0.05, 0.1) is 30.8 Å². The second-order valence-electron chi connectivity index (χ2n) is 9.78. The van der Waals surface area contributed by atoms with Gasteiger partial charge in [-0.15, -0.1) is 0 Å². The SMILES string of the molecule is Cc1cc(C#N)ccc1C1=CCN(C(=O)[C@@H]2C(C(N)=O)C[C@@H](CC(=O)N3CCOCC3)CN2O)CC1. The average Bonchev–Trinajstić information content (AvgIpc) is 2.88. The van der Waals surface area contributed by atoms with Crippen LogP contribution >= 0.6 is 0 Å². The molecule has 36 heavy (non-hydrogen) atoms. The van der Waals surface area contributed by atoms with E-state index in [2.05, 4.69) is 6.07 Å². The van der Waals surface area contributed by atoms with Crippen molar-refractivity contribution in [2.45, 2.75) is 32.2 Å². The lowest BCUT2D eigenvalue weighted by molar-refractivity contribution is -0.191. The summed E-state index contributed by atoms with van der Waals surface area (Å²) in [6.07, 6.45) is 3.05. The van der Waals surface area contributed by atoms with Gasteiger partial charge in [-0.3, -0.25) is 14.4 Å². The maximum absolute atomic E-state index is 13.4. The highest BCUT2D eigenvalue weighted by Crippen LogP contribution is 2.32. The molecule has 0 bridgehead atoms. The molecule has 1 aromatic rings. The first-order chi connectivity index (χ1) is 17.3. The Labute approximate surface area is 210 Å². The summed E-state index contributed by atoms with van der Waals surface area (Å²) >= 11 is 0. The minimum absolute atomic E-state index is 0.0449. The van der Waals surface area contributed by atoms with Crippen molar-refractivity contribution >= 4 is 23.3 Å². The second kappa shape index (κ2) is 11.2. The van der Waals surface area contributed by atoms with Crippen molar-refractivity contribution in [3.8, 4) is 6.07 Å². The largest absolute Gasteiger partial charge is 0.378 e. The highest BCUT2D eigenvalue weighted by molar-refractivity contribution is 5.90. The molecule has 3 N–H and O–H groups in total. The Morgan fingerprint density at radius 3 is 2.56 bits per heavy atom. The maximum atomic E-state index is 13.4. The minimum Gasteiger partial charge on any atom is -0.378 e. The smallest absolute Gasteiger partial charge is 0.243 e. The third-order valence-corrected chi connectivity index (χ3v) is 7.40. The van der Waals surface area contributed by atoms with E-state index in [9.17, 15) is 19.6 Å². The monoisotopic (exact) mass is 495 g/mol. The van der Waals surface area contributed by atoms with E-state index in [0.717, 1.165) is 21.8 Å². The Balaban J connectivity index is 1.41. The quantitative estimate of drug-likeness (QED) is 0.619. The Bertz CT molecular complexity index is 1090. The molecule has 0 aromatic heterocycles. The number of ether oxygens (including phenoxy) is 1. The number of rotatable bonds is 5. The molecular formula is C26H33N5O5. The Morgan fingerprint density at radius 1 is 1.19 bits per heavy atom. The lowest BCUT2D eigenvalue weighted by Crippen LogP contribution is -2.59. The Hall–Kier alpha value is -3.26. The van der Waals surface area contributed by atoms with E-state index in [1.165, 1.54) is 0 Å². The average molecular weight is 496 g/mol. The van der Waals surface area contributed by atoms with Crippen LogP contribution in [0, 0.1) is 30.1 Å². The first-order valence-electron chi connectivity index (χ1n) is 12.4. The second-order valence-corrected chi connectivity index (χ2v) is 9.78. The molecule has 2 fully saturated rings. The van der Waals surface area contributed by atoms with E-state index in [1.807, 2.05) is 25.1 Å².